The minimum atomic E-state index is -0.359. The lowest BCUT2D eigenvalue weighted by Gasteiger charge is -2.25. The van der Waals surface area contributed by atoms with Crippen molar-refractivity contribution in [3.05, 3.63) is 35.6 Å². The second-order valence-corrected chi connectivity index (χ2v) is 4.50. The molecular weight excluding hydrogens is 217 g/mol. The highest BCUT2D eigenvalue weighted by atomic mass is 19.1. The minimum Gasteiger partial charge on any atom is -0.293 e. The quantitative estimate of drug-likeness (QED) is 0.708. The molecule has 0 aromatic heterocycles. The summed E-state index contributed by atoms with van der Waals surface area (Å²) in [4.78, 5) is 14.1. The molecule has 17 heavy (non-hydrogen) atoms. The number of ketones is 1. The van der Waals surface area contributed by atoms with Crippen LogP contribution in [-0.4, -0.2) is 29.8 Å². The Labute approximate surface area is 102 Å². The van der Waals surface area contributed by atoms with Crippen LogP contribution in [0.15, 0.2) is 24.3 Å². The molecule has 1 aromatic rings. The van der Waals surface area contributed by atoms with Gasteiger partial charge in [0, 0.05) is 11.6 Å². The Bertz CT molecular complexity index is 376. The van der Waals surface area contributed by atoms with Gasteiger partial charge in [-0.1, -0.05) is 19.1 Å². The summed E-state index contributed by atoms with van der Waals surface area (Å²) in [7, 11) is 0. The molecule has 0 spiro atoms. The van der Waals surface area contributed by atoms with Gasteiger partial charge in [0.05, 0.1) is 6.54 Å². The molecule has 0 atom stereocenters. The number of nitrogens with zero attached hydrogens (tertiary/aromatic N) is 1. The Kier molecular flexibility index (Phi) is 5.29. The van der Waals surface area contributed by atoms with Crippen LogP contribution in [0.25, 0.3) is 0 Å². The zero-order valence-corrected chi connectivity index (χ0v) is 10.7. The molecule has 0 aliphatic rings. The number of hydrogen-bond donors (Lipinski definition) is 0. The topological polar surface area (TPSA) is 20.3 Å². The molecule has 0 fully saturated rings. The molecule has 1 aromatic carbocycles. The van der Waals surface area contributed by atoms with Crippen LogP contribution in [-0.2, 0) is 0 Å². The number of rotatable bonds is 6. The SMILES string of the molecule is CCCN(CC(=O)c1cccc(F)c1)C(C)C. The molecule has 0 N–H and O–H groups in total. The zero-order valence-electron chi connectivity index (χ0n) is 10.7. The first-order valence-corrected chi connectivity index (χ1v) is 6.07. The van der Waals surface area contributed by atoms with E-state index in [-0.39, 0.29) is 11.6 Å². The van der Waals surface area contributed by atoms with E-state index in [1.807, 2.05) is 0 Å². The molecule has 2 nitrogen and oxygen atoms in total. The van der Waals surface area contributed by atoms with Crippen LogP contribution >= 0.6 is 0 Å². The molecule has 0 aliphatic carbocycles. The Morgan fingerprint density at radius 2 is 2.12 bits per heavy atom. The lowest BCUT2D eigenvalue weighted by Crippen LogP contribution is -2.36. The Morgan fingerprint density at radius 1 is 1.41 bits per heavy atom. The van der Waals surface area contributed by atoms with Crippen molar-refractivity contribution >= 4 is 5.78 Å². The first kappa shape index (κ1) is 13.8. The zero-order chi connectivity index (χ0) is 12.8. The fraction of sp³-hybridized carbons (Fsp3) is 0.500. The van der Waals surface area contributed by atoms with Crippen molar-refractivity contribution in [2.24, 2.45) is 0 Å². The van der Waals surface area contributed by atoms with E-state index in [0.29, 0.717) is 18.2 Å². The second kappa shape index (κ2) is 6.50. The molecular formula is C14H20FNO. The third-order valence-electron chi connectivity index (χ3n) is 2.73. The highest BCUT2D eigenvalue weighted by Crippen LogP contribution is 2.07. The molecule has 0 aliphatic heterocycles. The van der Waals surface area contributed by atoms with Crippen molar-refractivity contribution in [2.75, 3.05) is 13.1 Å². The Balaban J connectivity index is 2.70. The number of halogens is 1. The molecule has 3 heteroatoms. The summed E-state index contributed by atoms with van der Waals surface area (Å²) >= 11 is 0. The molecule has 0 unspecified atom stereocenters. The lowest BCUT2D eigenvalue weighted by atomic mass is 10.1. The summed E-state index contributed by atoms with van der Waals surface area (Å²) in [5.41, 5.74) is 0.451. The van der Waals surface area contributed by atoms with Gasteiger partial charge >= 0.3 is 0 Å². The van der Waals surface area contributed by atoms with E-state index in [1.165, 1.54) is 12.1 Å². The molecule has 0 saturated heterocycles. The summed E-state index contributed by atoms with van der Waals surface area (Å²) in [5, 5.41) is 0. The van der Waals surface area contributed by atoms with Crippen molar-refractivity contribution in [1.82, 2.24) is 4.90 Å². The van der Waals surface area contributed by atoms with Crippen LogP contribution in [0.1, 0.15) is 37.6 Å². The average molecular weight is 237 g/mol. The smallest absolute Gasteiger partial charge is 0.176 e. The largest absolute Gasteiger partial charge is 0.293 e. The van der Waals surface area contributed by atoms with Gasteiger partial charge in [-0.2, -0.15) is 0 Å². The molecule has 0 saturated carbocycles. The summed E-state index contributed by atoms with van der Waals surface area (Å²) in [6, 6.07) is 6.21. The third-order valence-corrected chi connectivity index (χ3v) is 2.73. The lowest BCUT2D eigenvalue weighted by molar-refractivity contribution is 0.0905. The first-order valence-electron chi connectivity index (χ1n) is 6.07. The van der Waals surface area contributed by atoms with Crippen LogP contribution in [0.3, 0.4) is 0 Å². The van der Waals surface area contributed by atoms with Crippen molar-refractivity contribution in [1.29, 1.82) is 0 Å². The first-order chi connectivity index (χ1) is 8.04. The molecule has 0 heterocycles. The Hall–Kier alpha value is -1.22. The van der Waals surface area contributed by atoms with Gasteiger partial charge in [0.1, 0.15) is 5.82 Å². The summed E-state index contributed by atoms with van der Waals surface area (Å²) < 4.78 is 13.0. The van der Waals surface area contributed by atoms with Crippen LogP contribution in [0.2, 0.25) is 0 Å². The fourth-order valence-corrected chi connectivity index (χ4v) is 1.74. The number of Topliss-reactive ketones (excluding diaryl/α,β-unsaturated/α-hetero) is 1. The van der Waals surface area contributed by atoms with Crippen molar-refractivity contribution in [2.45, 2.75) is 33.2 Å². The predicted octanol–water partition coefficient (Wildman–Crippen LogP) is 3.13. The summed E-state index contributed by atoms with van der Waals surface area (Å²) in [6.45, 7) is 7.46. The van der Waals surface area contributed by atoms with Gasteiger partial charge in [-0.25, -0.2) is 4.39 Å². The standard InChI is InChI=1S/C14H20FNO/c1-4-8-16(11(2)3)10-14(17)12-6-5-7-13(15)9-12/h5-7,9,11H,4,8,10H2,1-3H3. The van der Waals surface area contributed by atoms with Crippen molar-refractivity contribution in [3.63, 3.8) is 0 Å². The highest BCUT2D eigenvalue weighted by molar-refractivity contribution is 5.97. The van der Waals surface area contributed by atoms with E-state index in [0.717, 1.165) is 13.0 Å². The number of hydrogen-bond acceptors (Lipinski definition) is 2. The van der Waals surface area contributed by atoms with Gasteiger partial charge in [-0.05, 0) is 38.9 Å². The van der Waals surface area contributed by atoms with Gasteiger partial charge in [0.15, 0.2) is 5.78 Å². The number of carbonyl (C=O) groups is 1. The molecule has 0 bridgehead atoms. The van der Waals surface area contributed by atoms with E-state index < -0.39 is 0 Å². The molecule has 0 amide bonds. The predicted molar refractivity (Wildman–Crippen MR) is 67.7 cm³/mol. The molecule has 0 radical (unpaired) electrons. The normalized spacial score (nSPS) is 11.2. The van der Waals surface area contributed by atoms with Crippen LogP contribution < -0.4 is 0 Å². The minimum absolute atomic E-state index is 0.0216. The Morgan fingerprint density at radius 3 is 2.65 bits per heavy atom. The number of benzene rings is 1. The van der Waals surface area contributed by atoms with Gasteiger partial charge in [0.25, 0.3) is 0 Å². The fourth-order valence-electron chi connectivity index (χ4n) is 1.74. The van der Waals surface area contributed by atoms with E-state index >= 15 is 0 Å². The molecule has 1 rings (SSSR count). The maximum Gasteiger partial charge on any atom is 0.176 e. The van der Waals surface area contributed by atoms with E-state index in [9.17, 15) is 9.18 Å². The van der Waals surface area contributed by atoms with Crippen LogP contribution in [0, 0.1) is 5.82 Å². The molecule has 94 valence electrons. The summed E-state index contributed by atoms with van der Waals surface area (Å²) in [5.74, 6) is -0.380. The van der Waals surface area contributed by atoms with Gasteiger partial charge < -0.3 is 0 Å². The average Bonchev–Trinajstić information content (AvgIpc) is 2.28. The van der Waals surface area contributed by atoms with E-state index in [4.69, 9.17) is 0 Å². The second-order valence-electron chi connectivity index (χ2n) is 4.50. The van der Waals surface area contributed by atoms with Gasteiger partial charge in [0.2, 0.25) is 0 Å². The monoisotopic (exact) mass is 237 g/mol. The third kappa shape index (κ3) is 4.27. The highest BCUT2D eigenvalue weighted by Gasteiger charge is 2.14. The summed E-state index contributed by atoms with van der Waals surface area (Å²) in [6.07, 6.45) is 1.01. The van der Waals surface area contributed by atoms with Gasteiger partial charge in [-0.15, -0.1) is 0 Å². The van der Waals surface area contributed by atoms with Gasteiger partial charge in [-0.3, -0.25) is 9.69 Å². The maximum atomic E-state index is 13.0. The van der Waals surface area contributed by atoms with E-state index in [2.05, 4.69) is 25.7 Å². The van der Waals surface area contributed by atoms with Crippen LogP contribution in [0.5, 0.6) is 0 Å². The van der Waals surface area contributed by atoms with Crippen molar-refractivity contribution < 1.29 is 9.18 Å². The maximum absolute atomic E-state index is 13.0. The van der Waals surface area contributed by atoms with Crippen molar-refractivity contribution in [3.8, 4) is 0 Å². The number of carbonyl (C=O) groups excluding carboxylic acids is 1. The van der Waals surface area contributed by atoms with Crippen LogP contribution in [0.4, 0.5) is 4.39 Å². The van der Waals surface area contributed by atoms with E-state index in [1.54, 1.807) is 12.1 Å².